The summed E-state index contributed by atoms with van der Waals surface area (Å²) in [7, 11) is 0. The van der Waals surface area contributed by atoms with E-state index in [0.717, 1.165) is 70.7 Å². The van der Waals surface area contributed by atoms with E-state index in [0.29, 0.717) is 0 Å². The van der Waals surface area contributed by atoms with Crippen LogP contribution in [0.25, 0.3) is 0 Å². The molecule has 0 bridgehead atoms. The summed E-state index contributed by atoms with van der Waals surface area (Å²) >= 11 is 0. The molecule has 1 aromatic carbocycles. The zero-order valence-corrected chi connectivity index (χ0v) is 16.6. The lowest BCUT2D eigenvalue weighted by molar-refractivity contribution is 0.264. The lowest BCUT2D eigenvalue weighted by atomic mass is 10.2. The number of aromatic nitrogens is 2. The van der Waals surface area contributed by atoms with Crippen LogP contribution >= 0.6 is 0 Å². The Balaban J connectivity index is 1.31. The highest BCUT2D eigenvalue weighted by molar-refractivity contribution is 5.97. The van der Waals surface area contributed by atoms with Crippen LogP contribution < -0.4 is 15.1 Å². The van der Waals surface area contributed by atoms with Crippen molar-refractivity contribution in [2.75, 3.05) is 62.2 Å². The average Bonchev–Trinajstić information content (AvgIpc) is 3.18. The number of aliphatic imine (C=N–C) groups is 1. The summed E-state index contributed by atoms with van der Waals surface area (Å²) in [6, 6.07) is 10.5. The second kappa shape index (κ2) is 9.01. The van der Waals surface area contributed by atoms with Gasteiger partial charge in [-0.05, 0) is 31.0 Å². The highest BCUT2D eigenvalue weighted by Gasteiger charge is 2.22. The SMILES string of the molecule is CCNC(=NCCN1CCN(c2ncccn2)CC1)N1CCc2ccccc21. The van der Waals surface area contributed by atoms with Gasteiger partial charge in [0.15, 0.2) is 5.96 Å². The smallest absolute Gasteiger partial charge is 0.225 e. The first kappa shape index (κ1) is 18.7. The van der Waals surface area contributed by atoms with Crippen molar-refractivity contribution >= 4 is 17.6 Å². The lowest BCUT2D eigenvalue weighted by Crippen LogP contribution is -2.48. The van der Waals surface area contributed by atoms with Crippen molar-refractivity contribution in [1.82, 2.24) is 20.2 Å². The maximum Gasteiger partial charge on any atom is 0.225 e. The van der Waals surface area contributed by atoms with Gasteiger partial charge in [0.05, 0.1) is 6.54 Å². The maximum absolute atomic E-state index is 4.92. The van der Waals surface area contributed by atoms with Gasteiger partial charge in [0.25, 0.3) is 0 Å². The summed E-state index contributed by atoms with van der Waals surface area (Å²) in [4.78, 5) is 20.7. The van der Waals surface area contributed by atoms with Gasteiger partial charge in [0.2, 0.25) is 5.95 Å². The van der Waals surface area contributed by atoms with Crippen LogP contribution in [-0.2, 0) is 6.42 Å². The molecule has 4 rings (SSSR count). The number of nitrogens with zero attached hydrogens (tertiary/aromatic N) is 6. The molecule has 2 aliphatic rings. The number of piperazine rings is 1. The van der Waals surface area contributed by atoms with E-state index in [2.05, 4.69) is 61.2 Å². The van der Waals surface area contributed by atoms with E-state index in [1.165, 1.54) is 11.3 Å². The Bertz CT molecular complexity index is 784. The molecule has 0 saturated carbocycles. The molecule has 148 valence electrons. The van der Waals surface area contributed by atoms with Crippen molar-refractivity contribution in [1.29, 1.82) is 0 Å². The van der Waals surface area contributed by atoms with Crippen LogP contribution in [0.15, 0.2) is 47.7 Å². The minimum Gasteiger partial charge on any atom is -0.356 e. The summed E-state index contributed by atoms with van der Waals surface area (Å²) in [6.45, 7) is 9.78. The van der Waals surface area contributed by atoms with E-state index in [-0.39, 0.29) is 0 Å². The monoisotopic (exact) mass is 379 g/mol. The highest BCUT2D eigenvalue weighted by Crippen LogP contribution is 2.27. The van der Waals surface area contributed by atoms with E-state index in [1.54, 1.807) is 0 Å². The minimum atomic E-state index is 0.808. The molecule has 7 heteroatoms. The number of hydrogen-bond acceptors (Lipinski definition) is 5. The normalized spacial score (nSPS) is 17.7. The Morgan fingerprint density at radius 1 is 1.04 bits per heavy atom. The van der Waals surface area contributed by atoms with Crippen molar-refractivity contribution < 1.29 is 0 Å². The van der Waals surface area contributed by atoms with Crippen molar-refractivity contribution in [2.24, 2.45) is 4.99 Å². The summed E-state index contributed by atoms with van der Waals surface area (Å²) < 4.78 is 0. The van der Waals surface area contributed by atoms with Gasteiger partial charge in [-0.1, -0.05) is 18.2 Å². The summed E-state index contributed by atoms with van der Waals surface area (Å²) in [6.07, 6.45) is 4.70. The van der Waals surface area contributed by atoms with Gasteiger partial charge in [-0.15, -0.1) is 0 Å². The van der Waals surface area contributed by atoms with E-state index >= 15 is 0 Å². The number of hydrogen-bond donors (Lipinski definition) is 1. The molecule has 1 saturated heterocycles. The van der Waals surface area contributed by atoms with Crippen LogP contribution in [0.5, 0.6) is 0 Å². The van der Waals surface area contributed by atoms with Crippen LogP contribution in [0.2, 0.25) is 0 Å². The van der Waals surface area contributed by atoms with E-state index < -0.39 is 0 Å². The van der Waals surface area contributed by atoms with Crippen molar-refractivity contribution in [3.63, 3.8) is 0 Å². The third-order valence-electron chi connectivity index (χ3n) is 5.36. The summed E-state index contributed by atoms with van der Waals surface area (Å²) in [5, 5.41) is 3.46. The molecule has 0 amide bonds. The zero-order valence-electron chi connectivity index (χ0n) is 16.6. The number of anilines is 2. The largest absolute Gasteiger partial charge is 0.356 e. The van der Waals surface area contributed by atoms with Crippen molar-refractivity contribution in [3.05, 3.63) is 48.3 Å². The van der Waals surface area contributed by atoms with Crippen LogP contribution in [0.1, 0.15) is 12.5 Å². The number of fused-ring (bicyclic) bond motifs is 1. The van der Waals surface area contributed by atoms with E-state index in [1.807, 2.05) is 18.5 Å². The Morgan fingerprint density at radius 3 is 2.61 bits per heavy atom. The Hall–Kier alpha value is -2.67. The first-order valence-corrected chi connectivity index (χ1v) is 10.2. The molecule has 7 nitrogen and oxygen atoms in total. The van der Waals surface area contributed by atoms with Crippen LogP contribution in [0.3, 0.4) is 0 Å². The van der Waals surface area contributed by atoms with Gasteiger partial charge in [-0.2, -0.15) is 0 Å². The van der Waals surface area contributed by atoms with Crippen molar-refractivity contribution in [3.8, 4) is 0 Å². The van der Waals surface area contributed by atoms with Crippen LogP contribution in [0, 0.1) is 0 Å². The number of para-hydroxylation sites is 1. The summed E-state index contributed by atoms with van der Waals surface area (Å²) in [5.74, 6) is 1.84. The Morgan fingerprint density at radius 2 is 1.82 bits per heavy atom. The second-order valence-electron chi connectivity index (χ2n) is 7.14. The van der Waals surface area contributed by atoms with E-state index in [9.17, 15) is 0 Å². The van der Waals surface area contributed by atoms with Gasteiger partial charge in [-0.3, -0.25) is 9.89 Å². The van der Waals surface area contributed by atoms with Crippen LogP contribution in [0.4, 0.5) is 11.6 Å². The molecule has 0 unspecified atom stereocenters. The third kappa shape index (κ3) is 4.25. The van der Waals surface area contributed by atoms with Gasteiger partial charge < -0.3 is 15.1 Å². The molecular formula is C21H29N7. The molecular weight excluding hydrogens is 350 g/mol. The second-order valence-corrected chi connectivity index (χ2v) is 7.14. The molecule has 1 N–H and O–H groups in total. The first-order valence-electron chi connectivity index (χ1n) is 10.2. The van der Waals surface area contributed by atoms with Gasteiger partial charge >= 0.3 is 0 Å². The standard InChI is InChI=1S/C21H29N7/c1-2-22-21(28-12-8-18-6-3-4-7-19(18)28)25-11-13-26-14-16-27(17-15-26)20-23-9-5-10-24-20/h3-7,9-10H,2,8,11-17H2,1H3,(H,22,25). The predicted octanol–water partition coefficient (Wildman–Crippen LogP) is 1.63. The number of benzene rings is 1. The molecule has 0 atom stereocenters. The first-order chi connectivity index (χ1) is 13.8. The highest BCUT2D eigenvalue weighted by atomic mass is 15.3. The molecule has 0 radical (unpaired) electrons. The van der Waals surface area contributed by atoms with Crippen molar-refractivity contribution in [2.45, 2.75) is 13.3 Å². The zero-order chi connectivity index (χ0) is 19.2. The lowest BCUT2D eigenvalue weighted by Gasteiger charge is -2.34. The fourth-order valence-corrected chi connectivity index (χ4v) is 3.88. The minimum absolute atomic E-state index is 0.808. The number of nitrogens with one attached hydrogen (secondary N) is 1. The molecule has 1 aromatic heterocycles. The Labute approximate surface area is 167 Å². The number of guanidine groups is 1. The fraction of sp³-hybridized carbons (Fsp3) is 0.476. The Kier molecular flexibility index (Phi) is 6.01. The predicted molar refractivity (Wildman–Crippen MR) is 114 cm³/mol. The van der Waals surface area contributed by atoms with Gasteiger partial charge in [-0.25, -0.2) is 9.97 Å². The maximum atomic E-state index is 4.92. The molecule has 0 spiro atoms. The molecule has 3 heterocycles. The number of rotatable bonds is 5. The van der Waals surface area contributed by atoms with Gasteiger partial charge in [0.1, 0.15) is 0 Å². The molecule has 2 aliphatic heterocycles. The fourth-order valence-electron chi connectivity index (χ4n) is 3.88. The average molecular weight is 380 g/mol. The third-order valence-corrected chi connectivity index (χ3v) is 5.36. The van der Waals surface area contributed by atoms with Crippen LogP contribution in [-0.4, -0.2) is 73.2 Å². The molecule has 1 fully saturated rings. The van der Waals surface area contributed by atoms with Gasteiger partial charge in [0, 0.05) is 63.9 Å². The quantitative estimate of drug-likeness (QED) is 0.629. The topological polar surface area (TPSA) is 59.9 Å². The molecule has 0 aliphatic carbocycles. The van der Waals surface area contributed by atoms with E-state index in [4.69, 9.17) is 4.99 Å². The molecule has 2 aromatic rings. The molecule has 28 heavy (non-hydrogen) atoms. The summed E-state index contributed by atoms with van der Waals surface area (Å²) in [5.41, 5.74) is 2.70.